The summed E-state index contributed by atoms with van der Waals surface area (Å²) in [5.74, 6) is 0. The summed E-state index contributed by atoms with van der Waals surface area (Å²) < 4.78 is 38.1. The highest BCUT2D eigenvalue weighted by Gasteiger charge is 2.33. The molecule has 0 radical (unpaired) electrons. The van der Waals surface area contributed by atoms with Crippen LogP contribution in [0.15, 0.2) is 42.5 Å². The SMILES string of the molecule is Cc1cccc(C(C)(O)c2ccc(C(F)(F)F)cc2C)c1. The highest BCUT2D eigenvalue weighted by atomic mass is 19.4. The molecule has 21 heavy (non-hydrogen) atoms. The first kappa shape index (κ1) is 15.6. The third kappa shape index (κ3) is 3.10. The fourth-order valence-corrected chi connectivity index (χ4v) is 2.49. The Bertz CT molecular complexity index is 657. The molecule has 0 bridgehead atoms. The predicted molar refractivity (Wildman–Crippen MR) is 76.0 cm³/mol. The molecule has 0 aromatic heterocycles. The smallest absolute Gasteiger partial charge is 0.381 e. The molecule has 112 valence electrons. The van der Waals surface area contributed by atoms with Gasteiger partial charge in [0.25, 0.3) is 0 Å². The van der Waals surface area contributed by atoms with Crippen LogP contribution < -0.4 is 0 Å². The van der Waals surface area contributed by atoms with Crippen molar-refractivity contribution in [3.05, 3.63) is 70.3 Å². The number of benzene rings is 2. The molecule has 4 heteroatoms. The molecule has 1 atom stereocenters. The second-order valence-electron chi connectivity index (χ2n) is 5.47. The van der Waals surface area contributed by atoms with E-state index in [2.05, 4.69) is 0 Å². The second kappa shape index (κ2) is 5.19. The van der Waals surface area contributed by atoms with E-state index in [1.165, 1.54) is 6.07 Å². The van der Waals surface area contributed by atoms with Crippen LogP contribution in [0.5, 0.6) is 0 Å². The van der Waals surface area contributed by atoms with E-state index in [1.807, 2.05) is 25.1 Å². The van der Waals surface area contributed by atoms with E-state index in [1.54, 1.807) is 19.9 Å². The van der Waals surface area contributed by atoms with Crippen molar-refractivity contribution < 1.29 is 18.3 Å². The molecule has 1 N–H and O–H groups in total. The van der Waals surface area contributed by atoms with Gasteiger partial charge >= 0.3 is 6.18 Å². The number of rotatable bonds is 2. The van der Waals surface area contributed by atoms with Crippen molar-refractivity contribution in [2.45, 2.75) is 32.5 Å². The largest absolute Gasteiger partial charge is 0.416 e. The lowest BCUT2D eigenvalue weighted by Crippen LogP contribution is -2.24. The lowest BCUT2D eigenvalue weighted by molar-refractivity contribution is -0.137. The van der Waals surface area contributed by atoms with Gasteiger partial charge in [-0.3, -0.25) is 0 Å². The van der Waals surface area contributed by atoms with E-state index in [0.717, 1.165) is 17.7 Å². The lowest BCUT2D eigenvalue weighted by atomic mass is 9.84. The monoisotopic (exact) mass is 294 g/mol. The second-order valence-corrected chi connectivity index (χ2v) is 5.47. The van der Waals surface area contributed by atoms with Crippen LogP contribution in [0.1, 0.15) is 34.7 Å². The number of halogens is 3. The van der Waals surface area contributed by atoms with E-state index in [4.69, 9.17) is 0 Å². The Kier molecular flexibility index (Phi) is 3.85. The molecule has 0 spiro atoms. The summed E-state index contributed by atoms with van der Waals surface area (Å²) in [5, 5.41) is 10.8. The molecular formula is C17H17F3O. The van der Waals surface area contributed by atoms with Gasteiger partial charge in [-0.1, -0.05) is 35.9 Å². The summed E-state index contributed by atoms with van der Waals surface area (Å²) in [6.07, 6.45) is -4.38. The molecule has 0 fully saturated rings. The molecule has 2 aromatic rings. The van der Waals surface area contributed by atoms with Gasteiger partial charge in [0.15, 0.2) is 0 Å². The van der Waals surface area contributed by atoms with Crippen LogP contribution >= 0.6 is 0 Å². The molecule has 1 unspecified atom stereocenters. The average Bonchev–Trinajstić information content (AvgIpc) is 2.37. The Morgan fingerprint density at radius 3 is 2.10 bits per heavy atom. The van der Waals surface area contributed by atoms with Crippen LogP contribution in [0.4, 0.5) is 13.2 Å². The van der Waals surface area contributed by atoms with Crippen molar-refractivity contribution >= 4 is 0 Å². The normalized spacial score (nSPS) is 14.8. The quantitative estimate of drug-likeness (QED) is 0.859. The van der Waals surface area contributed by atoms with Crippen LogP contribution in [0.2, 0.25) is 0 Å². The Morgan fingerprint density at radius 2 is 1.57 bits per heavy atom. The van der Waals surface area contributed by atoms with Gasteiger partial charge in [-0.25, -0.2) is 0 Å². The highest BCUT2D eigenvalue weighted by Crippen LogP contribution is 2.35. The van der Waals surface area contributed by atoms with Gasteiger partial charge in [0.2, 0.25) is 0 Å². The number of aryl methyl sites for hydroxylation is 2. The number of hydrogen-bond acceptors (Lipinski definition) is 1. The van der Waals surface area contributed by atoms with Gasteiger partial charge in [-0.15, -0.1) is 0 Å². The first-order valence-corrected chi connectivity index (χ1v) is 6.60. The zero-order valence-electron chi connectivity index (χ0n) is 12.1. The number of aliphatic hydroxyl groups is 1. The minimum atomic E-state index is -4.38. The molecule has 0 amide bonds. The Balaban J connectivity index is 2.50. The van der Waals surface area contributed by atoms with Crippen LogP contribution in [0, 0.1) is 13.8 Å². The Hall–Kier alpha value is -1.81. The van der Waals surface area contributed by atoms with Crippen LogP contribution in [-0.2, 0) is 11.8 Å². The summed E-state index contributed by atoms with van der Waals surface area (Å²) in [4.78, 5) is 0. The van der Waals surface area contributed by atoms with E-state index in [0.29, 0.717) is 16.7 Å². The topological polar surface area (TPSA) is 20.2 Å². The highest BCUT2D eigenvalue weighted by molar-refractivity contribution is 5.43. The molecule has 0 saturated carbocycles. The van der Waals surface area contributed by atoms with Crippen molar-refractivity contribution in [1.82, 2.24) is 0 Å². The van der Waals surface area contributed by atoms with Gasteiger partial charge in [0, 0.05) is 0 Å². The molecule has 0 aliphatic carbocycles. The fraction of sp³-hybridized carbons (Fsp3) is 0.294. The minimum Gasteiger partial charge on any atom is -0.381 e. The van der Waals surface area contributed by atoms with Crippen molar-refractivity contribution in [2.75, 3.05) is 0 Å². The maximum atomic E-state index is 12.7. The van der Waals surface area contributed by atoms with Gasteiger partial charge < -0.3 is 5.11 Å². The Morgan fingerprint density at radius 1 is 0.905 bits per heavy atom. The third-order valence-corrected chi connectivity index (χ3v) is 3.66. The summed E-state index contributed by atoms with van der Waals surface area (Å²) in [7, 11) is 0. The maximum absolute atomic E-state index is 12.7. The molecule has 0 saturated heterocycles. The van der Waals surface area contributed by atoms with Crippen LogP contribution in [0.3, 0.4) is 0 Å². The van der Waals surface area contributed by atoms with Gasteiger partial charge in [0.05, 0.1) is 5.56 Å². The summed E-state index contributed by atoms with van der Waals surface area (Å²) in [6, 6.07) is 10.7. The zero-order valence-corrected chi connectivity index (χ0v) is 12.1. The van der Waals surface area contributed by atoms with Crippen molar-refractivity contribution in [3.8, 4) is 0 Å². The molecule has 1 nitrogen and oxygen atoms in total. The van der Waals surface area contributed by atoms with E-state index in [9.17, 15) is 18.3 Å². The van der Waals surface area contributed by atoms with E-state index in [-0.39, 0.29) is 0 Å². The summed E-state index contributed by atoms with van der Waals surface area (Å²) in [5.41, 5.74) is 0.490. The van der Waals surface area contributed by atoms with Gasteiger partial charge in [-0.2, -0.15) is 13.2 Å². The summed E-state index contributed by atoms with van der Waals surface area (Å²) in [6.45, 7) is 5.07. The van der Waals surface area contributed by atoms with E-state index < -0.39 is 17.3 Å². The minimum absolute atomic E-state index is 0.413. The number of hydrogen-bond donors (Lipinski definition) is 1. The first-order chi connectivity index (χ1) is 9.62. The standard InChI is InChI=1S/C17H17F3O/c1-11-5-4-6-13(9-11)16(3,21)15-8-7-14(10-12(15)2)17(18,19)20/h4-10,21H,1-3H3. The molecule has 0 aliphatic rings. The summed E-state index contributed by atoms with van der Waals surface area (Å²) >= 11 is 0. The lowest BCUT2D eigenvalue weighted by Gasteiger charge is -2.27. The molecule has 0 heterocycles. The predicted octanol–water partition coefficient (Wildman–Crippen LogP) is 4.58. The molecule has 2 rings (SSSR count). The van der Waals surface area contributed by atoms with Crippen molar-refractivity contribution in [2.24, 2.45) is 0 Å². The van der Waals surface area contributed by atoms with Crippen molar-refractivity contribution in [3.63, 3.8) is 0 Å². The molecule has 0 aliphatic heterocycles. The fourth-order valence-electron chi connectivity index (χ4n) is 2.49. The van der Waals surface area contributed by atoms with Gasteiger partial charge in [-0.05, 0) is 49.6 Å². The first-order valence-electron chi connectivity index (χ1n) is 6.60. The van der Waals surface area contributed by atoms with Crippen LogP contribution in [0.25, 0.3) is 0 Å². The maximum Gasteiger partial charge on any atom is 0.416 e. The van der Waals surface area contributed by atoms with E-state index >= 15 is 0 Å². The third-order valence-electron chi connectivity index (χ3n) is 3.66. The average molecular weight is 294 g/mol. The Labute approximate surface area is 122 Å². The van der Waals surface area contributed by atoms with Crippen LogP contribution in [-0.4, -0.2) is 5.11 Å². The van der Waals surface area contributed by atoms with Crippen molar-refractivity contribution in [1.29, 1.82) is 0 Å². The molecule has 2 aromatic carbocycles. The zero-order chi connectivity index (χ0) is 15.8. The molecular weight excluding hydrogens is 277 g/mol. The van der Waals surface area contributed by atoms with Gasteiger partial charge in [0.1, 0.15) is 5.60 Å². The number of alkyl halides is 3.